The van der Waals surface area contributed by atoms with Crippen LogP contribution in [0.5, 0.6) is 5.75 Å². The Morgan fingerprint density at radius 3 is 2.69 bits per heavy atom. The van der Waals surface area contributed by atoms with E-state index >= 15 is 0 Å². The summed E-state index contributed by atoms with van der Waals surface area (Å²) in [5.41, 5.74) is -1.35. The Balaban J connectivity index is 1.61. The van der Waals surface area contributed by atoms with Gasteiger partial charge in [-0.3, -0.25) is 14.4 Å². The summed E-state index contributed by atoms with van der Waals surface area (Å²) in [6, 6.07) is 2.91. The number of hydrogen-bond donors (Lipinski definition) is 2. The van der Waals surface area contributed by atoms with Crippen LogP contribution >= 0.6 is 0 Å². The third-order valence-electron chi connectivity index (χ3n) is 8.33. The normalized spacial score (nSPS) is 30.7. The van der Waals surface area contributed by atoms with Gasteiger partial charge in [-0.1, -0.05) is 26.0 Å². The molecule has 3 amide bonds. The van der Waals surface area contributed by atoms with Crippen LogP contribution in [0.25, 0.3) is 6.08 Å². The number of allylic oxidation sites excluding steroid dienone is 1. The number of fused-ring (bicyclic) bond motifs is 4. The molecule has 0 aromatic heterocycles. The third-order valence-corrected chi connectivity index (χ3v) is 8.33. The van der Waals surface area contributed by atoms with Crippen LogP contribution in [0.1, 0.15) is 58.1 Å². The zero-order valence-corrected chi connectivity index (χ0v) is 21.0. The zero-order chi connectivity index (χ0) is 25.4. The lowest BCUT2D eigenvalue weighted by molar-refractivity contribution is -0.184. The number of carbonyl (C=O) groups excluding carboxylic acids is 3. The second-order valence-corrected chi connectivity index (χ2v) is 11.0. The van der Waals surface area contributed by atoms with Crippen molar-refractivity contribution in [3.8, 4) is 5.75 Å². The smallest absolute Gasteiger partial charge is 0.274 e. The van der Waals surface area contributed by atoms with Gasteiger partial charge in [-0.2, -0.15) is 0 Å². The van der Waals surface area contributed by atoms with Crippen LogP contribution in [-0.4, -0.2) is 53.6 Å². The lowest BCUT2D eigenvalue weighted by Crippen LogP contribution is -2.70. The Bertz CT molecular complexity index is 1190. The molecule has 0 spiro atoms. The molecule has 0 bridgehead atoms. The first-order valence-electron chi connectivity index (χ1n) is 12.1. The van der Waals surface area contributed by atoms with E-state index in [2.05, 4.69) is 17.2 Å². The van der Waals surface area contributed by atoms with Crippen molar-refractivity contribution in [2.75, 3.05) is 19.0 Å². The molecule has 2 fully saturated rings. The Kier molecular flexibility index (Phi) is 5.01. The van der Waals surface area contributed by atoms with Gasteiger partial charge in [0.15, 0.2) is 0 Å². The molecule has 186 valence electrons. The molecule has 4 aliphatic heterocycles. The minimum atomic E-state index is -1.27. The number of nitrogens with one attached hydrogen (secondary N) is 2. The summed E-state index contributed by atoms with van der Waals surface area (Å²) < 4.78 is 11.7. The molecule has 1 aromatic carbocycles. The van der Waals surface area contributed by atoms with Crippen molar-refractivity contribution in [1.29, 1.82) is 0 Å². The van der Waals surface area contributed by atoms with E-state index in [0.717, 1.165) is 11.1 Å². The predicted molar refractivity (Wildman–Crippen MR) is 132 cm³/mol. The van der Waals surface area contributed by atoms with Crippen molar-refractivity contribution in [1.82, 2.24) is 10.2 Å². The minimum Gasteiger partial charge on any atom is -0.483 e. The highest BCUT2D eigenvalue weighted by atomic mass is 16.5. The summed E-state index contributed by atoms with van der Waals surface area (Å²) in [4.78, 5) is 42.2. The first kappa shape index (κ1) is 23.6. The fourth-order valence-corrected chi connectivity index (χ4v) is 6.16. The monoisotopic (exact) mass is 479 g/mol. The van der Waals surface area contributed by atoms with Gasteiger partial charge in [0.2, 0.25) is 17.5 Å². The van der Waals surface area contributed by atoms with Crippen LogP contribution in [0.2, 0.25) is 0 Å². The van der Waals surface area contributed by atoms with E-state index in [1.54, 1.807) is 6.08 Å². The maximum atomic E-state index is 13.9. The summed E-state index contributed by atoms with van der Waals surface area (Å²) >= 11 is 0. The molecular formula is C27H33N3O5. The van der Waals surface area contributed by atoms with Gasteiger partial charge in [0.1, 0.15) is 17.4 Å². The fourth-order valence-electron chi connectivity index (χ4n) is 6.16. The molecule has 8 nitrogen and oxygen atoms in total. The van der Waals surface area contributed by atoms with Crippen molar-refractivity contribution in [3.63, 3.8) is 0 Å². The molecule has 0 saturated carbocycles. The van der Waals surface area contributed by atoms with Crippen LogP contribution in [0, 0.1) is 5.41 Å². The van der Waals surface area contributed by atoms with Gasteiger partial charge < -0.3 is 25.0 Å². The number of amides is 3. The van der Waals surface area contributed by atoms with E-state index in [4.69, 9.17) is 9.47 Å². The summed E-state index contributed by atoms with van der Waals surface area (Å²) in [6.45, 7) is 12.3. The predicted octanol–water partition coefficient (Wildman–Crippen LogP) is 3.13. The topological polar surface area (TPSA) is 97.0 Å². The number of carbonyl (C=O) groups is 3. The largest absolute Gasteiger partial charge is 0.483 e. The lowest BCUT2D eigenvalue weighted by atomic mass is 9.59. The van der Waals surface area contributed by atoms with E-state index in [-0.39, 0.29) is 24.1 Å². The van der Waals surface area contributed by atoms with Crippen LogP contribution in [-0.2, 0) is 24.5 Å². The van der Waals surface area contributed by atoms with Crippen molar-refractivity contribution in [2.24, 2.45) is 5.41 Å². The molecule has 0 radical (unpaired) electrons. The first-order valence-corrected chi connectivity index (χ1v) is 12.1. The van der Waals surface area contributed by atoms with E-state index in [9.17, 15) is 14.4 Å². The van der Waals surface area contributed by atoms with E-state index in [1.807, 2.05) is 52.0 Å². The molecule has 2 saturated heterocycles. The van der Waals surface area contributed by atoms with Gasteiger partial charge in [-0.05, 0) is 50.5 Å². The maximum absolute atomic E-state index is 13.9. The Morgan fingerprint density at radius 2 is 2.00 bits per heavy atom. The van der Waals surface area contributed by atoms with E-state index in [1.165, 1.54) is 12.0 Å². The van der Waals surface area contributed by atoms with Crippen LogP contribution < -0.4 is 15.4 Å². The molecule has 3 atom stereocenters. The number of hydrogen-bond acceptors (Lipinski definition) is 5. The zero-order valence-electron chi connectivity index (χ0n) is 21.0. The molecule has 8 heteroatoms. The van der Waals surface area contributed by atoms with Crippen molar-refractivity contribution in [2.45, 2.75) is 69.7 Å². The van der Waals surface area contributed by atoms with Gasteiger partial charge in [-0.15, -0.1) is 6.58 Å². The molecule has 1 unspecified atom stereocenters. The average Bonchev–Trinajstić information content (AvgIpc) is 3.37. The summed E-state index contributed by atoms with van der Waals surface area (Å²) in [5, 5.41) is 5.98. The first-order chi connectivity index (χ1) is 16.4. The molecule has 5 rings (SSSR count). The number of methoxy groups -OCH3 is 1. The quantitative estimate of drug-likeness (QED) is 0.633. The second kappa shape index (κ2) is 7.43. The van der Waals surface area contributed by atoms with Crippen molar-refractivity contribution >= 4 is 29.5 Å². The average molecular weight is 480 g/mol. The molecular weight excluding hydrogens is 446 g/mol. The number of benzene rings is 1. The summed E-state index contributed by atoms with van der Waals surface area (Å²) in [5.74, 6) is -0.104. The number of piperazine rings is 1. The maximum Gasteiger partial charge on any atom is 0.274 e. The Hall–Kier alpha value is -3.13. The number of nitrogens with zero attached hydrogens (tertiary/aromatic N) is 1. The molecule has 1 aromatic rings. The standard InChI is InChI=1S/C27H33N3O5/c1-7-24(2,3)26(15-18-21(31)30-14-8-12-27(30,34-6)23(33)28-18)17-9-10-19-16(20(17)29-22(26)32)11-13-25(4,5)35-19/h7,9-11,13,18H,1,8,12,14-15H2,2-6H3,(H,28,33)(H,29,32)/t18?,26-,27+/m0/s1. The highest BCUT2D eigenvalue weighted by Crippen LogP contribution is 2.56. The Morgan fingerprint density at radius 1 is 1.26 bits per heavy atom. The van der Waals surface area contributed by atoms with Crippen LogP contribution in [0.3, 0.4) is 0 Å². The SMILES string of the molecule is C=CC(C)(C)[C@]1(CC2NC(=O)[C@]3(OC)CCCN3C2=O)C(=O)Nc2c1ccc1c2C=CC(C)(C)O1. The minimum absolute atomic E-state index is 0.0978. The lowest BCUT2D eigenvalue weighted by Gasteiger charge is -2.47. The highest BCUT2D eigenvalue weighted by molar-refractivity contribution is 6.10. The van der Waals surface area contributed by atoms with Gasteiger partial charge in [0, 0.05) is 31.1 Å². The molecule has 4 heterocycles. The number of anilines is 1. The fraction of sp³-hybridized carbons (Fsp3) is 0.519. The van der Waals surface area contributed by atoms with Crippen LogP contribution in [0.15, 0.2) is 30.9 Å². The van der Waals surface area contributed by atoms with Crippen molar-refractivity contribution < 1.29 is 23.9 Å². The molecule has 4 aliphatic rings. The molecule has 35 heavy (non-hydrogen) atoms. The number of rotatable bonds is 5. The number of ether oxygens (including phenoxy) is 2. The van der Waals surface area contributed by atoms with Gasteiger partial charge in [-0.25, -0.2) is 0 Å². The second-order valence-electron chi connectivity index (χ2n) is 11.0. The van der Waals surface area contributed by atoms with Gasteiger partial charge >= 0.3 is 0 Å². The van der Waals surface area contributed by atoms with E-state index in [0.29, 0.717) is 30.8 Å². The Labute approximate surface area is 205 Å². The highest BCUT2D eigenvalue weighted by Gasteiger charge is 2.61. The van der Waals surface area contributed by atoms with Gasteiger partial charge in [0.25, 0.3) is 5.91 Å². The molecule has 0 aliphatic carbocycles. The molecule has 2 N–H and O–H groups in total. The summed E-state index contributed by atoms with van der Waals surface area (Å²) in [6.07, 6.45) is 6.92. The van der Waals surface area contributed by atoms with Crippen LogP contribution in [0.4, 0.5) is 5.69 Å². The van der Waals surface area contributed by atoms with Gasteiger partial charge in [0.05, 0.1) is 11.1 Å². The van der Waals surface area contributed by atoms with E-state index < -0.39 is 28.2 Å². The van der Waals surface area contributed by atoms with Crippen molar-refractivity contribution in [3.05, 3.63) is 42.0 Å². The summed E-state index contributed by atoms with van der Waals surface area (Å²) in [7, 11) is 1.45. The third kappa shape index (κ3) is 3.05.